The summed E-state index contributed by atoms with van der Waals surface area (Å²) in [5, 5.41) is 9.34. The number of ether oxygens (including phenoxy) is 1. The SMILES string of the molecule is CCOC(=O)c1ccc(O)cc1CC(=O)CCl. The van der Waals surface area contributed by atoms with Gasteiger partial charge >= 0.3 is 5.97 Å². The Kier molecular flexibility index (Phi) is 4.97. The lowest BCUT2D eigenvalue weighted by Gasteiger charge is -2.08. The predicted molar refractivity (Wildman–Crippen MR) is 63.5 cm³/mol. The van der Waals surface area contributed by atoms with Crippen molar-refractivity contribution in [1.82, 2.24) is 0 Å². The first-order valence-corrected chi connectivity index (χ1v) is 5.68. The van der Waals surface area contributed by atoms with Crippen LogP contribution >= 0.6 is 11.6 Å². The molecule has 0 saturated heterocycles. The molecule has 0 bridgehead atoms. The Morgan fingerprint density at radius 2 is 2.12 bits per heavy atom. The van der Waals surface area contributed by atoms with Crippen molar-refractivity contribution in [2.24, 2.45) is 0 Å². The number of phenols is 1. The van der Waals surface area contributed by atoms with E-state index in [2.05, 4.69) is 0 Å². The van der Waals surface area contributed by atoms with Crippen LogP contribution in [-0.2, 0) is 16.0 Å². The molecule has 0 atom stereocenters. The first kappa shape index (κ1) is 13.5. The monoisotopic (exact) mass is 256 g/mol. The number of hydrogen-bond acceptors (Lipinski definition) is 4. The minimum atomic E-state index is -0.509. The molecular formula is C12H13ClO4. The van der Waals surface area contributed by atoms with Crippen molar-refractivity contribution in [3.63, 3.8) is 0 Å². The fraction of sp³-hybridized carbons (Fsp3) is 0.333. The Morgan fingerprint density at radius 3 is 2.71 bits per heavy atom. The van der Waals surface area contributed by atoms with E-state index in [1.54, 1.807) is 6.92 Å². The van der Waals surface area contributed by atoms with Crippen LogP contribution in [0.25, 0.3) is 0 Å². The molecular weight excluding hydrogens is 244 g/mol. The molecule has 17 heavy (non-hydrogen) atoms. The van der Waals surface area contributed by atoms with Gasteiger partial charge in [0.05, 0.1) is 18.1 Å². The molecule has 1 aromatic carbocycles. The van der Waals surface area contributed by atoms with Crippen molar-refractivity contribution < 1.29 is 19.4 Å². The van der Waals surface area contributed by atoms with Crippen LogP contribution in [0.2, 0.25) is 0 Å². The summed E-state index contributed by atoms with van der Waals surface area (Å²) in [5.74, 6) is -0.860. The Morgan fingerprint density at radius 1 is 1.41 bits per heavy atom. The normalized spacial score (nSPS) is 10.0. The van der Waals surface area contributed by atoms with E-state index in [9.17, 15) is 14.7 Å². The molecule has 5 heteroatoms. The van der Waals surface area contributed by atoms with Crippen molar-refractivity contribution in [2.75, 3.05) is 12.5 Å². The number of benzene rings is 1. The molecule has 0 spiro atoms. The third kappa shape index (κ3) is 3.75. The lowest BCUT2D eigenvalue weighted by molar-refractivity contribution is -0.116. The third-order valence-electron chi connectivity index (χ3n) is 2.12. The third-order valence-corrected chi connectivity index (χ3v) is 2.42. The van der Waals surface area contributed by atoms with Crippen LogP contribution in [0.3, 0.4) is 0 Å². The van der Waals surface area contributed by atoms with Gasteiger partial charge < -0.3 is 9.84 Å². The Labute approximate surface area is 104 Å². The van der Waals surface area contributed by atoms with Crippen LogP contribution in [0.1, 0.15) is 22.8 Å². The van der Waals surface area contributed by atoms with Crippen LogP contribution in [0.5, 0.6) is 5.75 Å². The fourth-order valence-electron chi connectivity index (χ4n) is 1.39. The van der Waals surface area contributed by atoms with Crippen molar-refractivity contribution >= 4 is 23.4 Å². The Hall–Kier alpha value is -1.55. The number of alkyl halides is 1. The van der Waals surface area contributed by atoms with Crippen LogP contribution in [0, 0.1) is 0 Å². The van der Waals surface area contributed by atoms with E-state index in [-0.39, 0.29) is 36.0 Å². The highest BCUT2D eigenvalue weighted by atomic mass is 35.5. The van der Waals surface area contributed by atoms with Gasteiger partial charge in [0.15, 0.2) is 5.78 Å². The number of carbonyl (C=O) groups is 2. The van der Waals surface area contributed by atoms with Gasteiger partial charge in [0.25, 0.3) is 0 Å². The van der Waals surface area contributed by atoms with Gasteiger partial charge in [0.2, 0.25) is 0 Å². The molecule has 1 aromatic rings. The smallest absolute Gasteiger partial charge is 0.338 e. The minimum absolute atomic E-state index is 0.00424. The number of rotatable bonds is 5. The summed E-state index contributed by atoms with van der Waals surface area (Å²) in [5.41, 5.74) is 0.706. The van der Waals surface area contributed by atoms with Crippen LogP contribution in [0.4, 0.5) is 0 Å². The average Bonchev–Trinajstić information content (AvgIpc) is 2.29. The topological polar surface area (TPSA) is 63.6 Å². The molecule has 0 fully saturated rings. The zero-order valence-electron chi connectivity index (χ0n) is 9.40. The van der Waals surface area contributed by atoms with E-state index in [0.717, 1.165) is 0 Å². The largest absolute Gasteiger partial charge is 0.508 e. The van der Waals surface area contributed by atoms with Gasteiger partial charge in [-0.25, -0.2) is 4.79 Å². The number of hydrogen-bond donors (Lipinski definition) is 1. The Balaban J connectivity index is 3.03. The van der Waals surface area contributed by atoms with Crippen LogP contribution < -0.4 is 0 Å². The number of Topliss-reactive ketones (excluding diaryl/α,β-unsaturated/α-hetero) is 1. The first-order valence-electron chi connectivity index (χ1n) is 5.15. The summed E-state index contributed by atoms with van der Waals surface area (Å²) >= 11 is 5.41. The minimum Gasteiger partial charge on any atom is -0.508 e. The maximum atomic E-state index is 11.6. The number of phenolic OH excluding ortho intramolecular Hbond substituents is 1. The van der Waals surface area contributed by atoms with Crippen LogP contribution in [0.15, 0.2) is 18.2 Å². The number of aromatic hydroxyl groups is 1. The van der Waals surface area contributed by atoms with Crippen molar-refractivity contribution in [1.29, 1.82) is 0 Å². The second kappa shape index (κ2) is 6.25. The summed E-state index contributed by atoms with van der Waals surface area (Å²) < 4.78 is 4.86. The highest BCUT2D eigenvalue weighted by Gasteiger charge is 2.15. The molecule has 4 nitrogen and oxygen atoms in total. The van der Waals surface area contributed by atoms with Gasteiger partial charge in [-0.15, -0.1) is 11.6 Å². The quantitative estimate of drug-likeness (QED) is 0.646. The maximum Gasteiger partial charge on any atom is 0.338 e. The lowest BCUT2D eigenvalue weighted by Crippen LogP contribution is -2.12. The van der Waals surface area contributed by atoms with Gasteiger partial charge in [0, 0.05) is 6.42 Å². The van der Waals surface area contributed by atoms with Crippen LogP contribution in [-0.4, -0.2) is 29.3 Å². The van der Waals surface area contributed by atoms with Gasteiger partial charge in [-0.2, -0.15) is 0 Å². The predicted octanol–water partition coefficient (Wildman–Crippen LogP) is 1.92. The molecule has 1 N–H and O–H groups in total. The summed E-state index contributed by atoms with van der Waals surface area (Å²) in [7, 11) is 0. The van der Waals surface area contributed by atoms with E-state index in [0.29, 0.717) is 5.56 Å². The molecule has 0 heterocycles. The summed E-state index contributed by atoms with van der Waals surface area (Å²) in [6.45, 7) is 1.95. The molecule has 0 radical (unpaired) electrons. The lowest BCUT2D eigenvalue weighted by atomic mass is 10.0. The highest BCUT2D eigenvalue weighted by molar-refractivity contribution is 6.27. The zero-order chi connectivity index (χ0) is 12.8. The highest BCUT2D eigenvalue weighted by Crippen LogP contribution is 2.18. The van der Waals surface area contributed by atoms with E-state index in [4.69, 9.17) is 16.3 Å². The zero-order valence-corrected chi connectivity index (χ0v) is 10.2. The second-order valence-electron chi connectivity index (χ2n) is 3.41. The average molecular weight is 257 g/mol. The van der Waals surface area contributed by atoms with Crippen molar-refractivity contribution in [3.05, 3.63) is 29.3 Å². The van der Waals surface area contributed by atoms with E-state index >= 15 is 0 Å². The van der Waals surface area contributed by atoms with Gasteiger partial charge in [-0.3, -0.25) is 4.79 Å². The molecule has 92 valence electrons. The van der Waals surface area contributed by atoms with E-state index < -0.39 is 5.97 Å². The molecule has 0 unspecified atom stereocenters. The molecule has 0 aromatic heterocycles. The first-order chi connectivity index (χ1) is 8.08. The number of esters is 1. The molecule has 0 aliphatic rings. The number of ketones is 1. The summed E-state index contributed by atoms with van der Waals surface area (Å²) in [4.78, 5) is 22.9. The summed E-state index contributed by atoms with van der Waals surface area (Å²) in [6.07, 6.45) is 0.00600. The maximum absolute atomic E-state index is 11.6. The van der Waals surface area contributed by atoms with E-state index in [1.807, 2.05) is 0 Å². The molecule has 1 rings (SSSR count). The van der Waals surface area contributed by atoms with Crippen molar-refractivity contribution in [3.8, 4) is 5.75 Å². The second-order valence-corrected chi connectivity index (χ2v) is 3.68. The van der Waals surface area contributed by atoms with Gasteiger partial charge in [-0.05, 0) is 30.7 Å². The molecule has 0 amide bonds. The van der Waals surface area contributed by atoms with E-state index in [1.165, 1.54) is 18.2 Å². The standard InChI is InChI=1S/C12H13ClO4/c1-2-17-12(16)11-4-3-9(14)5-8(11)6-10(15)7-13/h3-5,14H,2,6-7H2,1H3. The molecule has 0 aliphatic heterocycles. The van der Waals surface area contributed by atoms with Gasteiger partial charge in [0.1, 0.15) is 5.75 Å². The number of carbonyl (C=O) groups excluding carboxylic acids is 2. The van der Waals surface area contributed by atoms with Gasteiger partial charge in [-0.1, -0.05) is 0 Å². The molecule has 0 saturated carbocycles. The molecule has 0 aliphatic carbocycles. The summed E-state index contributed by atoms with van der Waals surface area (Å²) in [6, 6.07) is 4.18. The number of halogens is 1. The van der Waals surface area contributed by atoms with Crippen molar-refractivity contribution in [2.45, 2.75) is 13.3 Å². The fourth-order valence-corrected chi connectivity index (χ4v) is 1.49. The Bertz CT molecular complexity index is 429.